The maximum Gasteiger partial charge on any atom is 0.234 e. The van der Waals surface area contributed by atoms with E-state index in [4.69, 9.17) is 11.6 Å². The summed E-state index contributed by atoms with van der Waals surface area (Å²) in [6, 6.07) is 9.52. The molecule has 1 N–H and O–H groups in total. The predicted molar refractivity (Wildman–Crippen MR) is 104 cm³/mol. The molecule has 0 radical (unpaired) electrons. The smallest absolute Gasteiger partial charge is 0.234 e. The molecule has 1 aromatic heterocycles. The average Bonchev–Trinajstić information content (AvgIpc) is 2.96. The van der Waals surface area contributed by atoms with Gasteiger partial charge in [0.15, 0.2) is 11.0 Å². The van der Waals surface area contributed by atoms with E-state index in [0.29, 0.717) is 16.0 Å². The molecule has 138 valence electrons. The fourth-order valence-electron chi connectivity index (χ4n) is 2.14. The van der Waals surface area contributed by atoms with Crippen molar-refractivity contribution in [1.29, 1.82) is 5.26 Å². The lowest BCUT2D eigenvalue weighted by Gasteiger charge is -2.28. The highest BCUT2D eigenvalue weighted by molar-refractivity contribution is 8.00. The summed E-state index contributed by atoms with van der Waals surface area (Å²) in [4.78, 5) is 12.5. The monoisotopic (exact) mass is 391 g/mol. The Morgan fingerprint density at radius 2 is 1.92 bits per heavy atom. The summed E-state index contributed by atoms with van der Waals surface area (Å²) in [6.45, 7) is 7.33. The van der Waals surface area contributed by atoms with Crippen molar-refractivity contribution in [1.82, 2.24) is 20.1 Å². The summed E-state index contributed by atoms with van der Waals surface area (Å²) in [5.41, 5.74) is -0.00880. The number of nitriles is 1. The third-order valence-electron chi connectivity index (χ3n) is 4.36. The molecule has 6 nitrogen and oxygen atoms in total. The third-order valence-corrected chi connectivity index (χ3v) is 5.74. The maximum absolute atomic E-state index is 12.5. The van der Waals surface area contributed by atoms with Crippen molar-refractivity contribution in [2.24, 2.45) is 13.0 Å². The lowest BCUT2D eigenvalue weighted by Crippen LogP contribution is -2.51. The van der Waals surface area contributed by atoms with Gasteiger partial charge in [-0.2, -0.15) is 5.26 Å². The van der Waals surface area contributed by atoms with Crippen LogP contribution in [0.15, 0.2) is 29.4 Å². The van der Waals surface area contributed by atoms with Gasteiger partial charge >= 0.3 is 0 Å². The third kappa shape index (κ3) is 4.37. The van der Waals surface area contributed by atoms with E-state index in [1.807, 2.05) is 37.6 Å². The number of thioether (sulfide) groups is 1. The zero-order valence-corrected chi connectivity index (χ0v) is 17.0. The molecule has 0 saturated heterocycles. The number of carbonyl (C=O) groups is 1. The maximum atomic E-state index is 12.5. The van der Waals surface area contributed by atoms with E-state index >= 15 is 0 Å². The van der Waals surface area contributed by atoms with Gasteiger partial charge in [0.05, 0.1) is 11.3 Å². The standard InChI is InChI=1S/C18H22ClN5OS/c1-11(2)18(4,10-20)21-16(25)12(3)26-17-23-22-15(24(17)5)13-6-8-14(19)9-7-13/h6-9,11-12H,1-5H3,(H,21,25). The van der Waals surface area contributed by atoms with Crippen LogP contribution in [-0.2, 0) is 11.8 Å². The predicted octanol–water partition coefficient (Wildman–Crippen LogP) is 3.67. The molecule has 2 atom stereocenters. The van der Waals surface area contributed by atoms with Crippen molar-refractivity contribution in [3.05, 3.63) is 29.3 Å². The number of nitrogens with one attached hydrogen (secondary N) is 1. The van der Waals surface area contributed by atoms with Gasteiger partial charge in [0.2, 0.25) is 5.91 Å². The number of amides is 1. The van der Waals surface area contributed by atoms with E-state index in [-0.39, 0.29) is 11.8 Å². The van der Waals surface area contributed by atoms with Gasteiger partial charge in [-0.3, -0.25) is 4.79 Å². The summed E-state index contributed by atoms with van der Waals surface area (Å²) in [5, 5.41) is 21.5. The Bertz CT molecular complexity index is 827. The summed E-state index contributed by atoms with van der Waals surface area (Å²) in [6.07, 6.45) is 0. The van der Waals surface area contributed by atoms with E-state index in [9.17, 15) is 10.1 Å². The average molecular weight is 392 g/mol. The lowest BCUT2D eigenvalue weighted by molar-refractivity contribution is -0.121. The highest BCUT2D eigenvalue weighted by atomic mass is 35.5. The summed E-state index contributed by atoms with van der Waals surface area (Å²) >= 11 is 7.22. The number of benzene rings is 1. The van der Waals surface area contributed by atoms with Crippen LogP contribution in [0.2, 0.25) is 5.02 Å². The van der Waals surface area contributed by atoms with Crippen LogP contribution in [0.4, 0.5) is 0 Å². The molecule has 0 spiro atoms. The molecule has 26 heavy (non-hydrogen) atoms. The van der Waals surface area contributed by atoms with E-state index in [0.717, 1.165) is 5.56 Å². The van der Waals surface area contributed by atoms with Gasteiger partial charge in [0.1, 0.15) is 5.54 Å². The molecule has 2 rings (SSSR count). The van der Waals surface area contributed by atoms with Crippen LogP contribution >= 0.6 is 23.4 Å². The molecule has 8 heteroatoms. The highest BCUT2D eigenvalue weighted by Crippen LogP contribution is 2.27. The number of carbonyl (C=O) groups excluding carboxylic acids is 1. The zero-order valence-electron chi connectivity index (χ0n) is 15.4. The van der Waals surface area contributed by atoms with E-state index in [1.165, 1.54) is 11.8 Å². The first-order valence-electron chi connectivity index (χ1n) is 8.23. The minimum Gasteiger partial charge on any atom is -0.337 e. The normalized spacial score (nSPS) is 14.5. The van der Waals surface area contributed by atoms with Crippen LogP contribution in [0.3, 0.4) is 0 Å². The molecular weight excluding hydrogens is 370 g/mol. The summed E-state index contributed by atoms with van der Waals surface area (Å²) < 4.78 is 1.84. The summed E-state index contributed by atoms with van der Waals surface area (Å²) in [7, 11) is 1.85. The van der Waals surface area contributed by atoms with Gasteiger partial charge in [-0.25, -0.2) is 0 Å². The second-order valence-corrected chi connectivity index (χ2v) is 8.33. The molecule has 0 fully saturated rings. The van der Waals surface area contributed by atoms with E-state index < -0.39 is 10.8 Å². The van der Waals surface area contributed by atoms with Crippen molar-refractivity contribution in [3.63, 3.8) is 0 Å². The van der Waals surface area contributed by atoms with Crippen LogP contribution in [-0.4, -0.2) is 31.5 Å². The number of hydrogen-bond donors (Lipinski definition) is 1. The molecule has 0 bridgehead atoms. The molecule has 0 aliphatic rings. The molecule has 0 saturated carbocycles. The van der Waals surface area contributed by atoms with Crippen LogP contribution in [0.25, 0.3) is 11.4 Å². The SMILES string of the molecule is CC(Sc1nnc(-c2ccc(Cl)cc2)n1C)C(=O)NC(C)(C#N)C(C)C. The van der Waals surface area contributed by atoms with Gasteiger partial charge in [-0.1, -0.05) is 37.2 Å². The molecular formula is C18H22ClN5OS. The topological polar surface area (TPSA) is 83.6 Å². The Morgan fingerprint density at radius 3 is 2.46 bits per heavy atom. The van der Waals surface area contributed by atoms with Gasteiger partial charge in [-0.05, 0) is 44.0 Å². The zero-order chi connectivity index (χ0) is 19.5. The van der Waals surface area contributed by atoms with Crippen molar-refractivity contribution in [2.75, 3.05) is 0 Å². The first kappa shape index (κ1) is 20.3. The fourth-order valence-corrected chi connectivity index (χ4v) is 3.08. The largest absolute Gasteiger partial charge is 0.337 e. The Balaban J connectivity index is 2.13. The van der Waals surface area contributed by atoms with Gasteiger partial charge in [0, 0.05) is 17.6 Å². The number of aromatic nitrogens is 3. The molecule has 0 aliphatic heterocycles. The van der Waals surface area contributed by atoms with E-state index in [2.05, 4.69) is 21.6 Å². The van der Waals surface area contributed by atoms with E-state index in [1.54, 1.807) is 26.0 Å². The van der Waals surface area contributed by atoms with Crippen LogP contribution in [0.5, 0.6) is 0 Å². The number of nitrogens with zero attached hydrogens (tertiary/aromatic N) is 4. The van der Waals surface area contributed by atoms with Gasteiger partial charge in [-0.15, -0.1) is 10.2 Å². The Labute approximate surface area is 162 Å². The molecule has 2 unspecified atom stereocenters. The molecule has 1 amide bonds. The Morgan fingerprint density at radius 1 is 1.31 bits per heavy atom. The fraction of sp³-hybridized carbons (Fsp3) is 0.444. The van der Waals surface area contributed by atoms with Crippen molar-refractivity contribution < 1.29 is 4.79 Å². The van der Waals surface area contributed by atoms with Gasteiger partial charge in [0.25, 0.3) is 0 Å². The Hall–Kier alpha value is -2.04. The second-order valence-electron chi connectivity index (χ2n) is 6.59. The molecule has 1 heterocycles. The van der Waals surface area contributed by atoms with Crippen molar-refractivity contribution in [2.45, 2.75) is 43.6 Å². The molecule has 1 aromatic carbocycles. The van der Waals surface area contributed by atoms with Gasteiger partial charge < -0.3 is 9.88 Å². The van der Waals surface area contributed by atoms with Crippen LogP contribution in [0, 0.1) is 17.2 Å². The van der Waals surface area contributed by atoms with Crippen molar-refractivity contribution in [3.8, 4) is 17.5 Å². The second kappa shape index (κ2) is 8.11. The van der Waals surface area contributed by atoms with Crippen molar-refractivity contribution >= 4 is 29.3 Å². The van der Waals surface area contributed by atoms with Crippen LogP contribution < -0.4 is 5.32 Å². The van der Waals surface area contributed by atoms with Crippen LogP contribution in [0.1, 0.15) is 27.7 Å². The minimum absolute atomic E-state index is 0.0000135. The number of rotatable bonds is 6. The quantitative estimate of drug-likeness (QED) is 0.759. The number of halogens is 1. The lowest BCUT2D eigenvalue weighted by atomic mass is 9.90. The first-order chi connectivity index (χ1) is 12.2. The molecule has 2 aromatic rings. The summed E-state index contributed by atoms with van der Waals surface area (Å²) in [5.74, 6) is 0.490. The molecule has 0 aliphatic carbocycles. The number of hydrogen-bond acceptors (Lipinski definition) is 5. The highest BCUT2D eigenvalue weighted by Gasteiger charge is 2.32. The first-order valence-corrected chi connectivity index (χ1v) is 9.49. The minimum atomic E-state index is -0.903. The Kier molecular flexibility index (Phi) is 6.32.